The average Bonchev–Trinajstić information content (AvgIpc) is 2.78. The van der Waals surface area contributed by atoms with E-state index in [4.69, 9.17) is 17.3 Å². The summed E-state index contributed by atoms with van der Waals surface area (Å²) in [5, 5.41) is 0.697. The summed E-state index contributed by atoms with van der Waals surface area (Å²) in [6.07, 6.45) is 0.827. The maximum absolute atomic E-state index is 6.13. The largest absolute Gasteiger partial charge is 0.399 e. The molecule has 0 bridgehead atoms. The summed E-state index contributed by atoms with van der Waals surface area (Å²) in [5.41, 5.74) is 9.47. The molecule has 1 aromatic heterocycles. The SMILES string of the molecule is CCc1nc2cc(N)ccc2n1-c1cc(Cl)ccc1Br. The molecule has 0 amide bonds. The monoisotopic (exact) mass is 349 g/mol. The lowest BCUT2D eigenvalue weighted by Crippen LogP contribution is -2.01. The van der Waals surface area contributed by atoms with Crippen molar-refractivity contribution >= 4 is 44.3 Å². The second kappa shape index (κ2) is 5.11. The minimum Gasteiger partial charge on any atom is -0.399 e. The van der Waals surface area contributed by atoms with Crippen LogP contribution in [0.2, 0.25) is 5.02 Å². The van der Waals surface area contributed by atoms with E-state index >= 15 is 0 Å². The summed E-state index contributed by atoms with van der Waals surface area (Å²) in [6.45, 7) is 2.08. The van der Waals surface area contributed by atoms with Crippen LogP contribution in [0.1, 0.15) is 12.7 Å². The van der Waals surface area contributed by atoms with E-state index in [1.807, 2.05) is 36.4 Å². The summed E-state index contributed by atoms with van der Waals surface area (Å²) in [7, 11) is 0. The van der Waals surface area contributed by atoms with Gasteiger partial charge < -0.3 is 5.73 Å². The fraction of sp³-hybridized carbons (Fsp3) is 0.133. The van der Waals surface area contributed by atoms with Gasteiger partial charge in [0.2, 0.25) is 0 Å². The minimum absolute atomic E-state index is 0.697. The van der Waals surface area contributed by atoms with E-state index in [-0.39, 0.29) is 0 Å². The van der Waals surface area contributed by atoms with Crippen LogP contribution in [0.25, 0.3) is 16.7 Å². The molecular formula is C15H13BrClN3. The minimum atomic E-state index is 0.697. The molecule has 3 aromatic rings. The number of aryl methyl sites for hydroxylation is 1. The van der Waals surface area contributed by atoms with Gasteiger partial charge in [-0.2, -0.15) is 0 Å². The van der Waals surface area contributed by atoms with E-state index < -0.39 is 0 Å². The van der Waals surface area contributed by atoms with Gasteiger partial charge in [-0.1, -0.05) is 18.5 Å². The molecule has 5 heteroatoms. The zero-order valence-corrected chi connectivity index (χ0v) is 13.2. The summed E-state index contributed by atoms with van der Waals surface area (Å²) in [4.78, 5) is 4.66. The second-order valence-corrected chi connectivity index (χ2v) is 5.85. The van der Waals surface area contributed by atoms with Crippen LogP contribution in [-0.4, -0.2) is 9.55 Å². The smallest absolute Gasteiger partial charge is 0.114 e. The number of hydrogen-bond acceptors (Lipinski definition) is 2. The van der Waals surface area contributed by atoms with Crippen LogP contribution in [0.4, 0.5) is 5.69 Å². The van der Waals surface area contributed by atoms with E-state index in [1.54, 1.807) is 0 Å². The van der Waals surface area contributed by atoms with E-state index in [0.29, 0.717) is 5.02 Å². The number of anilines is 1. The number of nitrogen functional groups attached to an aromatic ring is 1. The molecule has 20 heavy (non-hydrogen) atoms. The standard InChI is InChI=1S/C15H13BrClN3/c1-2-15-19-12-8-10(18)4-6-13(12)20(15)14-7-9(17)3-5-11(14)16/h3-8H,2,18H2,1H3. The van der Waals surface area contributed by atoms with Gasteiger partial charge >= 0.3 is 0 Å². The highest BCUT2D eigenvalue weighted by atomic mass is 79.9. The first-order chi connectivity index (χ1) is 9.60. The Bertz CT molecular complexity index is 795. The van der Waals surface area contributed by atoms with E-state index in [1.165, 1.54) is 0 Å². The van der Waals surface area contributed by atoms with Crippen molar-refractivity contribution in [2.75, 3.05) is 5.73 Å². The van der Waals surface area contributed by atoms with Crippen LogP contribution in [0.5, 0.6) is 0 Å². The van der Waals surface area contributed by atoms with Gasteiger partial charge in [0.1, 0.15) is 5.82 Å². The normalized spacial score (nSPS) is 11.2. The summed E-state index contributed by atoms with van der Waals surface area (Å²) in [6, 6.07) is 11.5. The summed E-state index contributed by atoms with van der Waals surface area (Å²) >= 11 is 9.71. The zero-order valence-electron chi connectivity index (χ0n) is 10.9. The number of nitrogens with two attached hydrogens (primary N) is 1. The highest BCUT2D eigenvalue weighted by Crippen LogP contribution is 2.30. The topological polar surface area (TPSA) is 43.8 Å². The lowest BCUT2D eigenvalue weighted by molar-refractivity contribution is 0.905. The first-order valence-electron chi connectivity index (χ1n) is 6.32. The molecule has 2 aromatic carbocycles. The van der Waals surface area contributed by atoms with Crippen molar-refractivity contribution in [3.8, 4) is 5.69 Å². The van der Waals surface area contributed by atoms with E-state index in [0.717, 1.165) is 39.1 Å². The molecule has 0 radical (unpaired) electrons. The molecule has 1 heterocycles. The molecule has 0 unspecified atom stereocenters. The lowest BCUT2D eigenvalue weighted by Gasteiger charge is -2.11. The van der Waals surface area contributed by atoms with Gasteiger partial charge in [-0.05, 0) is 52.3 Å². The molecule has 3 rings (SSSR count). The van der Waals surface area contributed by atoms with Crippen molar-refractivity contribution in [1.29, 1.82) is 0 Å². The fourth-order valence-electron chi connectivity index (χ4n) is 2.31. The van der Waals surface area contributed by atoms with Crippen molar-refractivity contribution in [3.63, 3.8) is 0 Å². The number of fused-ring (bicyclic) bond motifs is 1. The Morgan fingerprint density at radius 1 is 1.25 bits per heavy atom. The molecule has 0 spiro atoms. The summed E-state index contributed by atoms with van der Waals surface area (Å²) < 4.78 is 3.10. The molecule has 0 aliphatic rings. The lowest BCUT2D eigenvalue weighted by atomic mass is 10.2. The van der Waals surface area contributed by atoms with Crippen molar-refractivity contribution in [2.24, 2.45) is 0 Å². The van der Waals surface area contributed by atoms with Crippen LogP contribution in [0.15, 0.2) is 40.9 Å². The Balaban J connectivity index is 2.37. The molecule has 0 aliphatic heterocycles. The highest BCUT2D eigenvalue weighted by molar-refractivity contribution is 9.10. The van der Waals surface area contributed by atoms with Crippen LogP contribution in [0.3, 0.4) is 0 Å². The van der Waals surface area contributed by atoms with E-state index in [2.05, 4.69) is 32.4 Å². The third kappa shape index (κ3) is 2.19. The third-order valence-corrected chi connectivity index (χ3v) is 4.12. The second-order valence-electron chi connectivity index (χ2n) is 4.56. The molecule has 102 valence electrons. The Morgan fingerprint density at radius 2 is 2.05 bits per heavy atom. The van der Waals surface area contributed by atoms with E-state index in [9.17, 15) is 0 Å². The number of rotatable bonds is 2. The molecule has 0 saturated heterocycles. The highest BCUT2D eigenvalue weighted by Gasteiger charge is 2.13. The molecule has 0 saturated carbocycles. The quantitative estimate of drug-likeness (QED) is 0.687. The molecule has 0 fully saturated rings. The summed E-state index contributed by atoms with van der Waals surface area (Å²) in [5.74, 6) is 0.980. The number of hydrogen-bond donors (Lipinski definition) is 1. The molecule has 0 atom stereocenters. The zero-order chi connectivity index (χ0) is 14.3. The average molecular weight is 351 g/mol. The molecular weight excluding hydrogens is 338 g/mol. The molecule has 2 N–H and O–H groups in total. The Labute approximate surface area is 130 Å². The van der Waals surface area contributed by atoms with Crippen molar-refractivity contribution in [3.05, 3.63) is 51.7 Å². The Morgan fingerprint density at radius 3 is 2.80 bits per heavy atom. The predicted molar refractivity (Wildman–Crippen MR) is 87.6 cm³/mol. The number of imidazole rings is 1. The van der Waals surface area contributed by atoms with Crippen molar-refractivity contribution in [1.82, 2.24) is 9.55 Å². The molecule has 0 aliphatic carbocycles. The van der Waals surface area contributed by atoms with Crippen LogP contribution >= 0.6 is 27.5 Å². The van der Waals surface area contributed by atoms with Gasteiger partial charge in [0.25, 0.3) is 0 Å². The Hall–Kier alpha value is -1.52. The van der Waals surface area contributed by atoms with Gasteiger partial charge in [-0.3, -0.25) is 4.57 Å². The number of benzene rings is 2. The van der Waals surface area contributed by atoms with Gasteiger partial charge in [-0.25, -0.2) is 4.98 Å². The van der Waals surface area contributed by atoms with Crippen LogP contribution < -0.4 is 5.73 Å². The first kappa shape index (κ1) is 13.5. The van der Waals surface area contributed by atoms with Crippen LogP contribution in [-0.2, 0) is 6.42 Å². The predicted octanol–water partition coefficient (Wildman–Crippen LogP) is 4.59. The van der Waals surface area contributed by atoms with Crippen molar-refractivity contribution in [2.45, 2.75) is 13.3 Å². The Kier molecular flexibility index (Phi) is 3.44. The fourth-order valence-corrected chi connectivity index (χ4v) is 2.90. The van der Waals surface area contributed by atoms with Gasteiger partial charge in [0, 0.05) is 21.6 Å². The number of nitrogens with zero attached hydrogens (tertiary/aromatic N) is 2. The maximum Gasteiger partial charge on any atom is 0.114 e. The van der Waals surface area contributed by atoms with Crippen LogP contribution in [0, 0.1) is 0 Å². The first-order valence-corrected chi connectivity index (χ1v) is 7.49. The number of aromatic nitrogens is 2. The third-order valence-electron chi connectivity index (χ3n) is 3.21. The van der Waals surface area contributed by atoms with Crippen molar-refractivity contribution < 1.29 is 0 Å². The van der Waals surface area contributed by atoms with Gasteiger partial charge in [0.05, 0.1) is 16.7 Å². The van der Waals surface area contributed by atoms with Gasteiger partial charge in [0.15, 0.2) is 0 Å². The molecule has 3 nitrogen and oxygen atoms in total. The van der Waals surface area contributed by atoms with Gasteiger partial charge in [-0.15, -0.1) is 0 Å². The number of halogens is 2. The maximum atomic E-state index is 6.13.